The Morgan fingerprint density at radius 2 is 1.76 bits per heavy atom. The Morgan fingerprint density at radius 3 is 2.41 bits per heavy atom. The van der Waals surface area contributed by atoms with Gasteiger partial charge < -0.3 is 10.6 Å². The van der Waals surface area contributed by atoms with Crippen molar-refractivity contribution >= 4 is 5.96 Å². The third-order valence-corrected chi connectivity index (χ3v) is 3.22. The lowest BCUT2D eigenvalue weighted by Gasteiger charge is -2.15. The Hall–Kier alpha value is -0.730. The molecule has 3 heteroatoms. The Labute approximate surface area is 106 Å². The molecule has 0 amide bonds. The molecule has 0 bridgehead atoms. The van der Waals surface area contributed by atoms with E-state index >= 15 is 0 Å². The molecule has 0 saturated carbocycles. The zero-order valence-electron chi connectivity index (χ0n) is 11.4. The molecular weight excluding hydrogens is 210 g/mol. The summed E-state index contributed by atoms with van der Waals surface area (Å²) in [7, 11) is 0. The highest BCUT2D eigenvalue weighted by Crippen LogP contribution is 2.07. The first-order valence-electron chi connectivity index (χ1n) is 7.45. The minimum absolute atomic E-state index is 0.979. The highest BCUT2D eigenvalue weighted by atomic mass is 15.2. The minimum Gasteiger partial charge on any atom is -0.356 e. The van der Waals surface area contributed by atoms with Crippen LogP contribution in [0, 0.1) is 0 Å². The molecule has 0 saturated heterocycles. The van der Waals surface area contributed by atoms with E-state index in [0.29, 0.717) is 0 Å². The molecule has 2 N–H and O–H groups in total. The number of aliphatic imine (C=N–C) groups is 1. The fourth-order valence-electron chi connectivity index (χ4n) is 2.12. The van der Waals surface area contributed by atoms with Gasteiger partial charge in [0.2, 0.25) is 0 Å². The van der Waals surface area contributed by atoms with E-state index in [1.165, 1.54) is 57.8 Å². The van der Waals surface area contributed by atoms with E-state index in [0.717, 1.165) is 25.6 Å². The van der Waals surface area contributed by atoms with Crippen LogP contribution >= 0.6 is 0 Å². The summed E-state index contributed by atoms with van der Waals surface area (Å²) < 4.78 is 0. The van der Waals surface area contributed by atoms with Gasteiger partial charge in [-0.3, -0.25) is 4.99 Å². The summed E-state index contributed by atoms with van der Waals surface area (Å²) in [5.41, 5.74) is 0. The topological polar surface area (TPSA) is 36.4 Å². The molecule has 17 heavy (non-hydrogen) atoms. The number of unbranched alkanes of at least 4 members (excludes halogenated alkanes) is 7. The van der Waals surface area contributed by atoms with Crippen LogP contribution in [0.15, 0.2) is 4.99 Å². The zero-order chi connectivity index (χ0) is 12.2. The molecule has 3 nitrogen and oxygen atoms in total. The fraction of sp³-hybridized carbons (Fsp3) is 0.929. The van der Waals surface area contributed by atoms with Gasteiger partial charge in [0.1, 0.15) is 0 Å². The molecule has 1 rings (SSSR count). The molecular formula is C14H29N3. The Bertz CT molecular complexity index is 202. The number of guanidine groups is 1. The molecule has 0 unspecified atom stereocenters. The second-order valence-electron chi connectivity index (χ2n) is 4.91. The number of hydrogen-bond donors (Lipinski definition) is 2. The normalized spacial score (nSPS) is 15.2. The predicted molar refractivity (Wildman–Crippen MR) is 75.5 cm³/mol. The third kappa shape index (κ3) is 8.06. The van der Waals surface area contributed by atoms with Crippen LogP contribution in [0.1, 0.15) is 64.7 Å². The van der Waals surface area contributed by atoms with Crippen LogP contribution in [0.5, 0.6) is 0 Å². The van der Waals surface area contributed by atoms with Gasteiger partial charge in [-0.05, 0) is 12.8 Å². The molecule has 0 aromatic rings. The second-order valence-corrected chi connectivity index (χ2v) is 4.91. The maximum absolute atomic E-state index is 4.39. The standard InChI is InChI=1S/C14H29N3/c1-2-3-4-5-6-7-8-9-11-15-14-16-12-10-13-17-14/h2-13H2,1H3,(H2,15,16,17). The second kappa shape index (κ2) is 10.4. The van der Waals surface area contributed by atoms with E-state index in [1.807, 2.05) is 0 Å². The van der Waals surface area contributed by atoms with Crippen LogP contribution in [-0.4, -0.2) is 25.6 Å². The number of hydrogen-bond acceptors (Lipinski definition) is 3. The Kier molecular flexibility index (Phi) is 8.79. The fourth-order valence-corrected chi connectivity index (χ4v) is 2.12. The van der Waals surface area contributed by atoms with E-state index in [4.69, 9.17) is 0 Å². The van der Waals surface area contributed by atoms with Gasteiger partial charge in [0.05, 0.1) is 0 Å². The highest BCUT2D eigenvalue weighted by molar-refractivity contribution is 5.80. The van der Waals surface area contributed by atoms with Gasteiger partial charge in [0.25, 0.3) is 0 Å². The molecule has 0 fully saturated rings. The van der Waals surface area contributed by atoms with Crippen molar-refractivity contribution in [3.63, 3.8) is 0 Å². The van der Waals surface area contributed by atoms with Crippen LogP contribution in [0.25, 0.3) is 0 Å². The monoisotopic (exact) mass is 239 g/mol. The summed E-state index contributed by atoms with van der Waals surface area (Å²) in [6, 6.07) is 0. The third-order valence-electron chi connectivity index (χ3n) is 3.22. The van der Waals surface area contributed by atoms with E-state index in [2.05, 4.69) is 22.5 Å². The SMILES string of the molecule is CCCCCCCCCCNC1=NCCCN1. The van der Waals surface area contributed by atoms with Crippen molar-refractivity contribution in [1.29, 1.82) is 0 Å². The van der Waals surface area contributed by atoms with Crippen LogP contribution in [0.2, 0.25) is 0 Å². The first-order valence-corrected chi connectivity index (χ1v) is 7.45. The van der Waals surface area contributed by atoms with Crippen LogP contribution < -0.4 is 10.6 Å². The molecule has 0 aliphatic carbocycles. The van der Waals surface area contributed by atoms with E-state index in [1.54, 1.807) is 0 Å². The van der Waals surface area contributed by atoms with E-state index < -0.39 is 0 Å². The largest absolute Gasteiger partial charge is 0.356 e. The van der Waals surface area contributed by atoms with E-state index in [-0.39, 0.29) is 0 Å². The van der Waals surface area contributed by atoms with Gasteiger partial charge in [-0.1, -0.05) is 51.9 Å². The van der Waals surface area contributed by atoms with Crippen molar-refractivity contribution in [2.24, 2.45) is 4.99 Å². The van der Waals surface area contributed by atoms with Crippen molar-refractivity contribution in [2.75, 3.05) is 19.6 Å². The van der Waals surface area contributed by atoms with Gasteiger partial charge in [0.15, 0.2) is 5.96 Å². The molecule has 0 aromatic carbocycles. The molecule has 0 aromatic heterocycles. The lowest BCUT2D eigenvalue weighted by atomic mass is 10.1. The molecule has 1 aliphatic rings. The van der Waals surface area contributed by atoms with Crippen molar-refractivity contribution in [3.8, 4) is 0 Å². The first-order chi connectivity index (χ1) is 8.43. The van der Waals surface area contributed by atoms with E-state index in [9.17, 15) is 0 Å². The Balaban J connectivity index is 1.79. The minimum atomic E-state index is 0.979. The quantitative estimate of drug-likeness (QED) is 0.607. The van der Waals surface area contributed by atoms with Crippen LogP contribution in [0.4, 0.5) is 0 Å². The number of nitrogens with zero attached hydrogens (tertiary/aromatic N) is 1. The van der Waals surface area contributed by atoms with Gasteiger partial charge in [-0.2, -0.15) is 0 Å². The van der Waals surface area contributed by atoms with Gasteiger partial charge >= 0.3 is 0 Å². The van der Waals surface area contributed by atoms with Gasteiger partial charge in [0, 0.05) is 19.6 Å². The molecule has 0 radical (unpaired) electrons. The summed E-state index contributed by atoms with van der Waals surface area (Å²) >= 11 is 0. The summed E-state index contributed by atoms with van der Waals surface area (Å²) in [5, 5.41) is 6.65. The van der Waals surface area contributed by atoms with Gasteiger partial charge in [-0.15, -0.1) is 0 Å². The highest BCUT2D eigenvalue weighted by Gasteiger charge is 2.01. The number of rotatable bonds is 9. The smallest absolute Gasteiger partial charge is 0.191 e. The van der Waals surface area contributed by atoms with Crippen molar-refractivity contribution in [3.05, 3.63) is 0 Å². The number of nitrogens with one attached hydrogen (secondary N) is 2. The lowest BCUT2D eigenvalue weighted by Crippen LogP contribution is -2.41. The molecule has 0 atom stereocenters. The lowest BCUT2D eigenvalue weighted by molar-refractivity contribution is 0.570. The van der Waals surface area contributed by atoms with Crippen molar-refractivity contribution in [1.82, 2.24) is 10.6 Å². The first kappa shape index (κ1) is 14.3. The Morgan fingerprint density at radius 1 is 1.06 bits per heavy atom. The summed E-state index contributed by atoms with van der Waals surface area (Å²) in [5.74, 6) is 1.01. The van der Waals surface area contributed by atoms with Crippen molar-refractivity contribution < 1.29 is 0 Å². The van der Waals surface area contributed by atoms with Gasteiger partial charge in [-0.25, -0.2) is 0 Å². The van der Waals surface area contributed by atoms with Crippen molar-refractivity contribution in [2.45, 2.75) is 64.7 Å². The summed E-state index contributed by atoms with van der Waals surface area (Å²) in [6.45, 7) is 5.39. The summed E-state index contributed by atoms with van der Waals surface area (Å²) in [6.07, 6.45) is 12.2. The van der Waals surface area contributed by atoms with Crippen LogP contribution in [-0.2, 0) is 0 Å². The maximum Gasteiger partial charge on any atom is 0.191 e. The molecule has 1 heterocycles. The average molecular weight is 239 g/mol. The molecule has 100 valence electrons. The predicted octanol–water partition coefficient (Wildman–Crippen LogP) is 3.07. The molecule has 0 spiro atoms. The average Bonchev–Trinajstić information content (AvgIpc) is 2.38. The molecule has 1 aliphatic heterocycles. The van der Waals surface area contributed by atoms with Crippen LogP contribution in [0.3, 0.4) is 0 Å². The maximum atomic E-state index is 4.39. The summed E-state index contributed by atoms with van der Waals surface area (Å²) in [4.78, 5) is 4.39. The zero-order valence-corrected chi connectivity index (χ0v) is 11.4.